The van der Waals surface area contributed by atoms with Crippen LogP contribution < -0.4 is 5.73 Å². The molecule has 0 aromatic rings. The normalized spacial score (nSPS) is 20.8. The van der Waals surface area contributed by atoms with Gasteiger partial charge in [-0.15, -0.1) is 0 Å². The van der Waals surface area contributed by atoms with Crippen molar-refractivity contribution in [2.75, 3.05) is 20.3 Å². The maximum atomic E-state index is 11.0. The van der Waals surface area contributed by atoms with E-state index < -0.39 is 6.04 Å². The number of aliphatic imine (C=N–C) groups is 1. The molecule has 1 aliphatic heterocycles. The first-order valence-corrected chi connectivity index (χ1v) is 4.25. The van der Waals surface area contributed by atoms with Gasteiger partial charge in [0, 0.05) is 6.42 Å². The first kappa shape index (κ1) is 9.98. The molecule has 5 heteroatoms. The zero-order valence-electron chi connectivity index (χ0n) is 7.66. The minimum Gasteiger partial charge on any atom is -0.478 e. The molecule has 0 fully saturated rings. The number of methoxy groups -OCH3 is 1. The summed E-state index contributed by atoms with van der Waals surface area (Å²) in [6.07, 6.45) is 1.52. The lowest BCUT2D eigenvalue weighted by molar-refractivity contribution is -0.142. The zero-order valence-corrected chi connectivity index (χ0v) is 7.66. The Morgan fingerprint density at radius 1 is 1.85 bits per heavy atom. The summed E-state index contributed by atoms with van der Waals surface area (Å²) < 4.78 is 9.72. The second-order valence-corrected chi connectivity index (χ2v) is 2.77. The van der Waals surface area contributed by atoms with Crippen LogP contribution in [0.1, 0.15) is 12.8 Å². The van der Waals surface area contributed by atoms with E-state index in [1.165, 1.54) is 7.11 Å². The third-order valence-corrected chi connectivity index (χ3v) is 1.78. The molecule has 0 aromatic heterocycles. The van der Waals surface area contributed by atoms with E-state index in [1.54, 1.807) is 0 Å². The maximum absolute atomic E-state index is 11.0. The van der Waals surface area contributed by atoms with Crippen LogP contribution in [0.3, 0.4) is 0 Å². The van der Waals surface area contributed by atoms with Crippen molar-refractivity contribution in [3.05, 3.63) is 0 Å². The molecule has 0 aliphatic carbocycles. The van der Waals surface area contributed by atoms with Gasteiger partial charge in [0.15, 0.2) is 11.9 Å². The molecule has 1 unspecified atom stereocenters. The van der Waals surface area contributed by atoms with Gasteiger partial charge in [-0.05, 0) is 13.0 Å². The van der Waals surface area contributed by atoms with Crippen molar-refractivity contribution in [2.24, 2.45) is 10.7 Å². The summed E-state index contributed by atoms with van der Waals surface area (Å²) in [5.74, 6) is 0.267. The Bertz CT molecular complexity index is 215. The molecule has 1 rings (SSSR count). The quantitative estimate of drug-likeness (QED) is 0.611. The molecule has 13 heavy (non-hydrogen) atoms. The van der Waals surface area contributed by atoms with Crippen LogP contribution in [0.15, 0.2) is 4.99 Å². The number of nitrogens with two attached hydrogens (primary N) is 1. The molecule has 0 aromatic carbocycles. The minimum absolute atomic E-state index is 0.298. The van der Waals surface area contributed by atoms with Crippen LogP contribution in [0.2, 0.25) is 0 Å². The lowest BCUT2D eigenvalue weighted by Crippen LogP contribution is -2.21. The van der Waals surface area contributed by atoms with Crippen molar-refractivity contribution in [1.82, 2.24) is 0 Å². The lowest BCUT2D eigenvalue weighted by Gasteiger charge is -2.00. The van der Waals surface area contributed by atoms with Crippen molar-refractivity contribution in [2.45, 2.75) is 18.9 Å². The van der Waals surface area contributed by atoms with Crippen LogP contribution in [0, 0.1) is 0 Å². The first-order valence-electron chi connectivity index (χ1n) is 4.25. The Balaban J connectivity index is 2.39. The van der Waals surface area contributed by atoms with E-state index in [4.69, 9.17) is 10.5 Å². The molecular formula is C8H14N2O3. The van der Waals surface area contributed by atoms with Gasteiger partial charge in [-0.1, -0.05) is 0 Å². The number of hydrogen-bond donors (Lipinski definition) is 1. The van der Waals surface area contributed by atoms with Gasteiger partial charge >= 0.3 is 5.97 Å². The second-order valence-electron chi connectivity index (χ2n) is 2.77. The average molecular weight is 186 g/mol. The highest BCUT2D eigenvalue weighted by molar-refractivity contribution is 5.85. The topological polar surface area (TPSA) is 73.9 Å². The fourth-order valence-corrected chi connectivity index (χ4v) is 1.07. The molecule has 0 amide bonds. The summed E-state index contributed by atoms with van der Waals surface area (Å²) in [5.41, 5.74) is 5.33. The molecule has 0 radical (unpaired) electrons. The van der Waals surface area contributed by atoms with Crippen LogP contribution in [-0.2, 0) is 14.3 Å². The summed E-state index contributed by atoms with van der Waals surface area (Å²) in [6.45, 7) is 0.901. The van der Waals surface area contributed by atoms with E-state index >= 15 is 0 Å². The Labute approximate surface area is 76.9 Å². The lowest BCUT2D eigenvalue weighted by atomic mass is 10.3. The Morgan fingerprint density at radius 3 is 3.23 bits per heavy atom. The Kier molecular flexibility index (Phi) is 3.70. The molecule has 5 nitrogen and oxygen atoms in total. The average Bonchev–Trinajstić information content (AvgIpc) is 2.62. The number of carbonyl (C=O) groups excluding carboxylic acids is 1. The van der Waals surface area contributed by atoms with Crippen molar-refractivity contribution >= 4 is 11.9 Å². The van der Waals surface area contributed by atoms with E-state index in [2.05, 4.69) is 9.73 Å². The van der Waals surface area contributed by atoms with Crippen LogP contribution in [0.25, 0.3) is 0 Å². The highest BCUT2D eigenvalue weighted by Crippen LogP contribution is 2.09. The summed E-state index contributed by atoms with van der Waals surface area (Å²) in [6, 6.07) is -0.474. The van der Waals surface area contributed by atoms with Crippen LogP contribution in [-0.4, -0.2) is 38.2 Å². The zero-order chi connectivity index (χ0) is 9.68. The van der Waals surface area contributed by atoms with E-state index in [0.717, 1.165) is 6.42 Å². The molecule has 1 heterocycles. The van der Waals surface area contributed by atoms with Gasteiger partial charge in [0.2, 0.25) is 0 Å². The monoisotopic (exact) mass is 186 g/mol. The molecule has 0 saturated carbocycles. The fraction of sp³-hybridized carbons (Fsp3) is 0.750. The van der Waals surface area contributed by atoms with E-state index in [0.29, 0.717) is 25.5 Å². The Hall–Kier alpha value is -1.10. The maximum Gasteiger partial charge on any atom is 0.334 e. The highest BCUT2D eigenvalue weighted by Gasteiger charge is 2.25. The van der Waals surface area contributed by atoms with Gasteiger partial charge in [0.1, 0.15) is 6.61 Å². The third-order valence-electron chi connectivity index (χ3n) is 1.78. The van der Waals surface area contributed by atoms with E-state index in [9.17, 15) is 4.79 Å². The predicted molar refractivity (Wildman–Crippen MR) is 47.5 cm³/mol. The second kappa shape index (κ2) is 4.81. The molecule has 2 N–H and O–H groups in total. The molecule has 1 atom stereocenters. The number of rotatable bonds is 4. The fourth-order valence-electron chi connectivity index (χ4n) is 1.07. The predicted octanol–water partition coefficient (Wildman–Crippen LogP) is -0.304. The minimum atomic E-state index is -0.474. The molecular weight excluding hydrogens is 172 g/mol. The van der Waals surface area contributed by atoms with Crippen molar-refractivity contribution < 1.29 is 14.3 Å². The first-order chi connectivity index (χ1) is 6.27. The molecule has 0 saturated heterocycles. The number of ether oxygens (including phenoxy) is 2. The number of esters is 1. The van der Waals surface area contributed by atoms with Gasteiger partial charge < -0.3 is 15.2 Å². The van der Waals surface area contributed by atoms with Crippen molar-refractivity contribution in [3.8, 4) is 0 Å². The van der Waals surface area contributed by atoms with Gasteiger partial charge in [0.05, 0.1) is 7.11 Å². The van der Waals surface area contributed by atoms with Crippen LogP contribution in [0.4, 0.5) is 0 Å². The van der Waals surface area contributed by atoms with Crippen molar-refractivity contribution in [1.29, 1.82) is 0 Å². The number of nitrogens with zero attached hydrogens (tertiary/aromatic N) is 1. The van der Waals surface area contributed by atoms with Gasteiger partial charge in [0.25, 0.3) is 0 Å². The third kappa shape index (κ3) is 2.69. The molecule has 0 spiro atoms. The molecule has 1 aliphatic rings. The highest BCUT2D eigenvalue weighted by atomic mass is 16.5. The Morgan fingerprint density at radius 2 is 2.62 bits per heavy atom. The summed E-state index contributed by atoms with van der Waals surface area (Å²) in [5, 5.41) is 0. The molecule has 0 bridgehead atoms. The van der Waals surface area contributed by atoms with E-state index in [-0.39, 0.29) is 5.97 Å². The number of hydrogen-bond acceptors (Lipinski definition) is 5. The number of carbonyl (C=O) groups is 1. The molecule has 74 valence electrons. The van der Waals surface area contributed by atoms with Gasteiger partial charge in [-0.3, -0.25) is 0 Å². The van der Waals surface area contributed by atoms with Gasteiger partial charge in [-0.2, -0.15) is 0 Å². The summed E-state index contributed by atoms with van der Waals surface area (Å²) in [7, 11) is 1.34. The standard InChI is InChI=1S/C8H14N2O3/c1-12-8(11)6-5-13-7(10-6)3-2-4-9/h6H,2-5,9H2,1H3. The smallest absolute Gasteiger partial charge is 0.334 e. The SMILES string of the molecule is COC(=O)C1COC(CCCN)=N1. The largest absolute Gasteiger partial charge is 0.478 e. The van der Waals surface area contributed by atoms with E-state index in [1.807, 2.05) is 0 Å². The summed E-state index contributed by atoms with van der Waals surface area (Å²) >= 11 is 0. The van der Waals surface area contributed by atoms with Crippen LogP contribution in [0.5, 0.6) is 0 Å². The summed E-state index contributed by atoms with van der Waals surface area (Å²) in [4.78, 5) is 15.1. The van der Waals surface area contributed by atoms with Gasteiger partial charge in [-0.25, -0.2) is 9.79 Å². The van der Waals surface area contributed by atoms with Crippen LogP contribution >= 0.6 is 0 Å². The van der Waals surface area contributed by atoms with Crippen molar-refractivity contribution in [3.63, 3.8) is 0 Å².